The van der Waals surface area contributed by atoms with Crippen molar-refractivity contribution in [1.82, 2.24) is 14.5 Å². The maximum absolute atomic E-state index is 12.7. The molecule has 0 saturated carbocycles. The Balaban J connectivity index is 1.81. The van der Waals surface area contributed by atoms with Crippen LogP contribution in [0.3, 0.4) is 0 Å². The Morgan fingerprint density at radius 2 is 2.11 bits per heavy atom. The number of carbonyl (C=O) groups is 1. The van der Waals surface area contributed by atoms with Gasteiger partial charge in [-0.2, -0.15) is 4.98 Å². The van der Waals surface area contributed by atoms with Crippen molar-refractivity contribution in [2.75, 3.05) is 30.4 Å². The Morgan fingerprint density at radius 1 is 1.33 bits per heavy atom. The molecule has 0 fully saturated rings. The summed E-state index contributed by atoms with van der Waals surface area (Å²) in [6.07, 6.45) is 1.36. The normalized spacial score (nSPS) is 10.8. The summed E-state index contributed by atoms with van der Waals surface area (Å²) >= 11 is 1.30. The van der Waals surface area contributed by atoms with Crippen LogP contribution in [0.1, 0.15) is 13.8 Å². The van der Waals surface area contributed by atoms with Crippen LogP contribution in [-0.4, -0.2) is 40.6 Å². The van der Waals surface area contributed by atoms with Crippen LogP contribution in [0.15, 0.2) is 35.4 Å². The Labute approximate surface area is 160 Å². The molecule has 3 rings (SSSR count). The van der Waals surface area contributed by atoms with E-state index in [2.05, 4.69) is 20.2 Å². The number of nitrogens with one attached hydrogen (secondary N) is 1. The molecule has 1 aromatic carbocycles. The lowest BCUT2D eigenvalue weighted by Crippen LogP contribution is -2.27. The molecular formula is C18H21N5O3S. The Kier molecular flexibility index (Phi) is 5.70. The molecule has 27 heavy (non-hydrogen) atoms. The predicted molar refractivity (Wildman–Crippen MR) is 107 cm³/mol. The zero-order valence-corrected chi connectivity index (χ0v) is 16.2. The fourth-order valence-corrected chi connectivity index (χ4v) is 3.73. The maximum atomic E-state index is 12.7. The number of carbonyl (C=O) groups excluding carboxylic acids is 1. The zero-order chi connectivity index (χ0) is 19.4. The molecule has 1 N–H and O–H groups in total. The van der Waals surface area contributed by atoms with Gasteiger partial charge in [-0.25, -0.2) is 4.98 Å². The van der Waals surface area contributed by atoms with Gasteiger partial charge in [-0.3, -0.25) is 14.2 Å². The fourth-order valence-electron chi connectivity index (χ4n) is 2.63. The summed E-state index contributed by atoms with van der Waals surface area (Å²) in [6.45, 7) is 5.53. The van der Waals surface area contributed by atoms with E-state index < -0.39 is 0 Å². The number of aromatic nitrogens is 3. The van der Waals surface area contributed by atoms with Gasteiger partial charge >= 0.3 is 0 Å². The van der Waals surface area contributed by atoms with E-state index in [-0.39, 0.29) is 18.0 Å². The van der Waals surface area contributed by atoms with Crippen molar-refractivity contribution >= 4 is 38.4 Å². The van der Waals surface area contributed by atoms with Gasteiger partial charge in [0.05, 0.1) is 7.11 Å². The topological polar surface area (TPSA) is 89.3 Å². The van der Waals surface area contributed by atoms with Crippen LogP contribution in [0.5, 0.6) is 5.75 Å². The highest BCUT2D eigenvalue weighted by molar-refractivity contribution is 7.22. The van der Waals surface area contributed by atoms with Gasteiger partial charge in [-0.15, -0.1) is 0 Å². The summed E-state index contributed by atoms with van der Waals surface area (Å²) in [5.74, 6) is 0.321. The third-order valence-electron chi connectivity index (χ3n) is 4.07. The first-order valence-electron chi connectivity index (χ1n) is 8.60. The molecule has 8 nitrogen and oxygen atoms in total. The molecule has 0 aliphatic rings. The van der Waals surface area contributed by atoms with Crippen LogP contribution in [0.2, 0.25) is 0 Å². The molecule has 0 aliphatic carbocycles. The molecule has 2 heterocycles. The molecule has 0 unspecified atom stereocenters. The van der Waals surface area contributed by atoms with E-state index in [1.165, 1.54) is 22.2 Å². The average molecular weight is 387 g/mol. The lowest BCUT2D eigenvalue weighted by molar-refractivity contribution is -0.116. The van der Waals surface area contributed by atoms with Gasteiger partial charge in [-0.1, -0.05) is 17.4 Å². The van der Waals surface area contributed by atoms with E-state index in [0.29, 0.717) is 21.8 Å². The number of methoxy groups -OCH3 is 1. The van der Waals surface area contributed by atoms with Crippen molar-refractivity contribution in [2.45, 2.75) is 20.4 Å². The molecule has 9 heteroatoms. The van der Waals surface area contributed by atoms with Gasteiger partial charge in [-0.05, 0) is 26.0 Å². The van der Waals surface area contributed by atoms with E-state index in [1.807, 2.05) is 13.8 Å². The molecule has 1 amide bonds. The van der Waals surface area contributed by atoms with Gasteiger partial charge in [0.15, 0.2) is 10.8 Å². The van der Waals surface area contributed by atoms with Crippen molar-refractivity contribution in [3.05, 3.63) is 40.9 Å². The summed E-state index contributed by atoms with van der Waals surface area (Å²) in [5.41, 5.74) is 0.746. The minimum absolute atomic E-state index is 0.127. The summed E-state index contributed by atoms with van der Waals surface area (Å²) in [4.78, 5) is 35.7. The lowest BCUT2D eigenvalue weighted by Gasteiger charge is -2.15. The number of hydrogen-bond acceptors (Lipinski definition) is 7. The second-order valence-corrected chi connectivity index (χ2v) is 6.76. The van der Waals surface area contributed by atoms with Crippen LogP contribution in [0, 0.1) is 0 Å². The fraction of sp³-hybridized carbons (Fsp3) is 0.333. The first kappa shape index (κ1) is 18.8. The number of amides is 1. The molecule has 0 spiro atoms. The summed E-state index contributed by atoms with van der Waals surface area (Å²) in [6, 6.07) is 7.03. The highest BCUT2D eigenvalue weighted by Crippen LogP contribution is 2.24. The molecule has 3 aromatic rings. The minimum atomic E-state index is -0.319. The van der Waals surface area contributed by atoms with Crippen molar-refractivity contribution in [2.24, 2.45) is 0 Å². The van der Waals surface area contributed by atoms with E-state index in [1.54, 1.807) is 31.4 Å². The maximum Gasteiger partial charge on any atom is 0.273 e. The molecule has 0 aliphatic heterocycles. The molecule has 142 valence electrons. The van der Waals surface area contributed by atoms with Crippen molar-refractivity contribution in [3.63, 3.8) is 0 Å². The molecule has 2 aromatic heterocycles. The largest absolute Gasteiger partial charge is 0.497 e. The molecule has 0 saturated heterocycles. The molecule has 0 atom stereocenters. The van der Waals surface area contributed by atoms with Gasteiger partial charge < -0.3 is 15.0 Å². The van der Waals surface area contributed by atoms with Crippen LogP contribution >= 0.6 is 11.3 Å². The average Bonchev–Trinajstić information content (AvgIpc) is 3.10. The highest BCUT2D eigenvalue weighted by atomic mass is 32.1. The molecule has 0 radical (unpaired) electrons. The van der Waals surface area contributed by atoms with Crippen LogP contribution in [0.4, 0.5) is 10.8 Å². The first-order valence-corrected chi connectivity index (χ1v) is 9.42. The van der Waals surface area contributed by atoms with Gasteiger partial charge in [0.1, 0.15) is 23.3 Å². The number of fused-ring (bicyclic) bond motifs is 1. The number of nitrogens with zero attached hydrogens (tertiary/aromatic N) is 4. The number of benzene rings is 1. The summed E-state index contributed by atoms with van der Waals surface area (Å²) in [5, 5.41) is 3.52. The minimum Gasteiger partial charge on any atom is -0.497 e. The Morgan fingerprint density at radius 3 is 2.81 bits per heavy atom. The van der Waals surface area contributed by atoms with Gasteiger partial charge in [0.25, 0.3) is 5.56 Å². The smallest absolute Gasteiger partial charge is 0.273 e. The van der Waals surface area contributed by atoms with E-state index in [9.17, 15) is 9.59 Å². The second-order valence-electron chi connectivity index (χ2n) is 5.78. The monoisotopic (exact) mass is 387 g/mol. The Bertz CT molecular complexity index is 1010. The number of hydrogen-bond donors (Lipinski definition) is 1. The zero-order valence-electron chi connectivity index (χ0n) is 15.4. The van der Waals surface area contributed by atoms with Crippen molar-refractivity contribution in [1.29, 1.82) is 0 Å². The third kappa shape index (κ3) is 4.08. The van der Waals surface area contributed by atoms with E-state index >= 15 is 0 Å². The summed E-state index contributed by atoms with van der Waals surface area (Å²) < 4.78 is 6.88. The van der Waals surface area contributed by atoms with E-state index in [0.717, 1.165) is 18.2 Å². The molecule has 0 bridgehead atoms. The highest BCUT2D eigenvalue weighted by Gasteiger charge is 2.15. The first-order chi connectivity index (χ1) is 13.0. The van der Waals surface area contributed by atoms with Gasteiger partial charge in [0, 0.05) is 24.8 Å². The Hall–Kier alpha value is -2.94. The predicted octanol–water partition coefficient (Wildman–Crippen LogP) is 2.35. The van der Waals surface area contributed by atoms with Crippen molar-refractivity contribution in [3.8, 4) is 5.75 Å². The number of ether oxygens (including phenoxy) is 1. The quantitative estimate of drug-likeness (QED) is 0.669. The summed E-state index contributed by atoms with van der Waals surface area (Å²) in [7, 11) is 1.56. The van der Waals surface area contributed by atoms with Gasteiger partial charge in [0.2, 0.25) is 5.91 Å². The number of anilines is 2. The van der Waals surface area contributed by atoms with Crippen molar-refractivity contribution < 1.29 is 9.53 Å². The third-order valence-corrected chi connectivity index (χ3v) is 5.17. The second kappa shape index (κ2) is 8.17. The standard InChI is InChI=1S/C18H21N5O3S/c1-4-22(5-2)18-21-16-15(27-18)17(25)23(11-19-16)10-14(24)20-12-7-6-8-13(9-12)26-3/h6-9,11H,4-5,10H2,1-3H3,(H,20,24). The van der Waals surface area contributed by atoms with Crippen LogP contribution in [0.25, 0.3) is 10.3 Å². The van der Waals surface area contributed by atoms with Crippen LogP contribution < -0.4 is 20.5 Å². The van der Waals surface area contributed by atoms with E-state index in [4.69, 9.17) is 4.74 Å². The lowest BCUT2D eigenvalue weighted by atomic mass is 10.3. The number of rotatable bonds is 7. The number of thiazole rings is 1. The van der Waals surface area contributed by atoms with Crippen LogP contribution in [-0.2, 0) is 11.3 Å². The molecular weight excluding hydrogens is 366 g/mol. The SMILES string of the molecule is CCN(CC)c1nc2ncn(CC(=O)Nc3cccc(OC)c3)c(=O)c2s1.